The molecule has 0 atom stereocenters. The number of nitrogens with zero attached hydrogens (tertiary/aromatic N) is 3. The molecule has 4 aromatic carbocycles. The fraction of sp³-hybridized carbons (Fsp3) is 0.0333. The Morgan fingerprint density at radius 3 is 2.58 bits per heavy atom. The first-order valence-corrected chi connectivity index (χ1v) is 13.9. The minimum atomic E-state index is -0.353. The maximum atomic E-state index is 13.6. The van der Waals surface area contributed by atoms with Crippen LogP contribution in [0.1, 0.15) is 11.1 Å². The molecule has 0 aliphatic rings. The van der Waals surface area contributed by atoms with Gasteiger partial charge >= 0.3 is 0 Å². The molecule has 198 valence electrons. The molecular formula is C30H17BrCl3N3O3. The molecule has 2 heterocycles. The van der Waals surface area contributed by atoms with Crippen molar-refractivity contribution in [3.05, 3.63) is 126 Å². The lowest BCUT2D eigenvalue weighted by Gasteiger charge is -2.13. The molecule has 0 saturated heterocycles. The monoisotopic (exact) mass is 651 g/mol. The molecule has 0 bridgehead atoms. The number of rotatable bonds is 6. The van der Waals surface area contributed by atoms with Crippen LogP contribution in [0.3, 0.4) is 0 Å². The number of furan rings is 1. The van der Waals surface area contributed by atoms with E-state index in [1.54, 1.807) is 48.5 Å². The van der Waals surface area contributed by atoms with Crippen LogP contribution in [0.15, 0.2) is 104 Å². The fourth-order valence-corrected chi connectivity index (χ4v) is 5.63. The SMILES string of the molecule is O=c1c2ccccc2nc(-c2cc3ccccc3o2)n1N=Cc1cc(Cl)cc(Br)c1OCc1ccc(Cl)cc1Cl. The van der Waals surface area contributed by atoms with Gasteiger partial charge in [-0.25, -0.2) is 4.98 Å². The quantitative estimate of drug-likeness (QED) is 0.168. The second-order valence-electron chi connectivity index (χ2n) is 8.79. The van der Waals surface area contributed by atoms with Gasteiger partial charge in [0.1, 0.15) is 17.9 Å². The number of hydrogen-bond acceptors (Lipinski definition) is 5. The lowest BCUT2D eigenvalue weighted by atomic mass is 10.2. The number of benzene rings is 4. The van der Waals surface area contributed by atoms with E-state index >= 15 is 0 Å². The van der Waals surface area contributed by atoms with Crippen molar-refractivity contribution >= 4 is 78.8 Å². The van der Waals surface area contributed by atoms with Gasteiger partial charge in [0.2, 0.25) is 5.82 Å². The molecule has 10 heteroatoms. The van der Waals surface area contributed by atoms with Gasteiger partial charge in [-0.2, -0.15) is 9.78 Å². The number of hydrogen-bond donors (Lipinski definition) is 0. The summed E-state index contributed by atoms with van der Waals surface area (Å²) >= 11 is 22.3. The van der Waals surface area contributed by atoms with Gasteiger partial charge in [-0.05, 0) is 64.5 Å². The van der Waals surface area contributed by atoms with E-state index in [-0.39, 0.29) is 18.0 Å². The molecule has 6 nitrogen and oxygen atoms in total. The Kier molecular flexibility index (Phi) is 7.38. The van der Waals surface area contributed by atoms with E-state index in [9.17, 15) is 4.79 Å². The van der Waals surface area contributed by atoms with E-state index in [0.717, 1.165) is 10.9 Å². The second kappa shape index (κ2) is 11.1. The van der Waals surface area contributed by atoms with E-state index in [1.807, 2.05) is 36.4 Å². The van der Waals surface area contributed by atoms with Gasteiger partial charge in [0.05, 0.1) is 21.6 Å². The zero-order valence-corrected chi connectivity index (χ0v) is 24.3. The molecule has 0 saturated carbocycles. The number of aromatic nitrogens is 2. The van der Waals surface area contributed by atoms with Crippen LogP contribution in [0.2, 0.25) is 15.1 Å². The average molecular weight is 654 g/mol. The molecule has 0 spiro atoms. The topological polar surface area (TPSA) is 69.6 Å². The Morgan fingerprint density at radius 1 is 0.950 bits per heavy atom. The van der Waals surface area contributed by atoms with Crippen LogP contribution in [0.25, 0.3) is 33.5 Å². The van der Waals surface area contributed by atoms with Gasteiger partial charge in [-0.3, -0.25) is 4.79 Å². The highest BCUT2D eigenvalue weighted by Gasteiger charge is 2.17. The van der Waals surface area contributed by atoms with Crippen molar-refractivity contribution in [1.82, 2.24) is 9.66 Å². The first-order chi connectivity index (χ1) is 19.4. The van der Waals surface area contributed by atoms with Crippen LogP contribution in [-0.4, -0.2) is 15.9 Å². The summed E-state index contributed by atoms with van der Waals surface area (Å²) in [4.78, 5) is 18.4. The summed E-state index contributed by atoms with van der Waals surface area (Å²) < 4.78 is 14.0. The Labute approximate surface area is 251 Å². The second-order valence-corrected chi connectivity index (χ2v) is 10.9. The summed E-state index contributed by atoms with van der Waals surface area (Å²) in [6.45, 7) is 0.165. The Bertz CT molecular complexity index is 1970. The fourth-order valence-electron chi connectivity index (χ4n) is 4.22. The average Bonchev–Trinajstić information content (AvgIpc) is 3.37. The molecule has 0 amide bonds. The first kappa shape index (κ1) is 26.6. The van der Waals surface area contributed by atoms with Crippen LogP contribution >= 0.6 is 50.7 Å². The summed E-state index contributed by atoms with van der Waals surface area (Å²) in [6.07, 6.45) is 1.50. The Balaban J connectivity index is 1.45. The molecule has 0 fully saturated rings. The first-order valence-electron chi connectivity index (χ1n) is 12.0. The van der Waals surface area contributed by atoms with Crippen LogP contribution in [0.4, 0.5) is 0 Å². The Morgan fingerprint density at radius 2 is 1.75 bits per heavy atom. The Hall–Kier alpha value is -3.62. The predicted molar refractivity (Wildman–Crippen MR) is 164 cm³/mol. The molecule has 0 N–H and O–H groups in total. The lowest BCUT2D eigenvalue weighted by Crippen LogP contribution is -2.20. The van der Waals surface area contributed by atoms with Crippen molar-refractivity contribution in [3.8, 4) is 17.3 Å². The van der Waals surface area contributed by atoms with Crippen molar-refractivity contribution in [2.24, 2.45) is 5.10 Å². The number of fused-ring (bicyclic) bond motifs is 2. The van der Waals surface area contributed by atoms with E-state index in [4.69, 9.17) is 48.9 Å². The smallest absolute Gasteiger partial charge is 0.282 e. The molecule has 2 aromatic heterocycles. The van der Waals surface area contributed by atoms with Crippen LogP contribution in [0, 0.1) is 0 Å². The normalized spacial score (nSPS) is 11.6. The van der Waals surface area contributed by atoms with Crippen LogP contribution < -0.4 is 10.3 Å². The number of ether oxygens (including phenoxy) is 1. The summed E-state index contributed by atoms with van der Waals surface area (Å²) in [5.41, 5.74) is 2.13. The molecule has 0 unspecified atom stereocenters. The highest BCUT2D eigenvalue weighted by Crippen LogP contribution is 2.34. The molecule has 0 radical (unpaired) electrons. The number of para-hydroxylation sites is 2. The zero-order chi connectivity index (χ0) is 27.8. The summed E-state index contributed by atoms with van der Waals surface area (Å²) in [7, 11) is 0. The van der Waals surface area contributed by atoms with Gasteiger partial charge in [0.25, 0.3) is 5.56 Å². The predicted octanol–water partition coefficient (Wildman–Crippen LogP) is 8.99. The molecule has 6 rings (SSSR count). The van der Waals surface area contributed by atoms with E-state index in [0.29, 0.717) is 53.1 Å². The van der Waals surface area contributed by atoms with Gasteiger partial charge < -0.3 is 9.15 Å². The molecule has 0 aliphatic heterocycles. The van der Waals surface area contributed by atoms with Gasteiger partial charge in [0.15, 0.2) is 5.76 Å². The largest absolute Gasteiger partial charge is 0.487 e. The standard InChI is InChI=1S/C30H17BrCl3N3O3/c31-23-13-21(33)11-19(28(23)39-16-18-9-10-20(32)14-24(18)34)15-35-37-29(27-12-17-5-1-4-8-26(17)40-27)36-25-7-3-2-6-22(25)30(37)38/h1-15H,16H2. The summed E-state index contributed by atoms with van der Waals surface area (Å²) in [5, 5.41) is 7.32. The molecule has 0 aliphatic carbocycles. The highest BCUT2D eigenvalue weighted by molar-refractivity contribution is 9.10. The maximum absolute atomic E-state index is 13.6. The van der Waals surface area contributed by atoms with Crippen molar-refractivity contribution in [3.63, 3.8) is 0 Å². The van der Waals surface area contributed by atoms with E-state index in [2.05, 4.69) is 21.0 Å². The minimum Gasteiger partial charge on any atom is -0.487 e. The van der Waals surface area contributed by atoms with Crippen LogP contribution in [-0.2, 0) is 6.61 Å². The lowest BCUT2D eigenvalue weighted by molar-refractivity contribution is 0.304. The van der Waals surface area contributed by atoms with Crippen LogP contribution in [0.5, 0.6) is 5.75 Å². The van der Waals surface area contributed by atoms with Gasteiger partial charge in [-0.15, -0.1) is 0 Å². The number of halogens is 4. The minimum absolute atomic E-state index is 0.165. The third-order valence-corrected chi connectivity index (χ3v) is 7.53. The van der Waals surface area contributed by atoms with Gasteiger partial charge in [0, 0.05) is 31.6 Å². The summed E-state index contributed by atoms with van der Waals surface area (Å²) in [5.74, 6) is 1.13. The molecular weight excluding hydrogens is 637 g/mol. The third kappa shape index (κ3) is 5.25. The van der Waals surface area contributed by atoms with E-state index in [1.165, 1.54) is 10.9 Å². The third-order valence-electron chi connectivity index (χ3n) is 6.14. The van der Waals surface area contributed by atoms with E-state index < -0.39 is 0 Å². The van der Waals surface area contributed by atoms with Crippen molar-refractivity contribution in [2.75, 3.05) is 0 Å². The molecule has 40 heavy (non-hydrogen) atoms. The van der Waals surface area contributed by atoms with Crippen molar-refractivity contribution in [2.45, 2.75) is 6.61 Å². The van der Waals surface area contributed by atoms with Crippen molar-refractivity contribution < 1.29 is 9.15 Å². The summed E-state index contributed by atoms with van der Waals surface area (Å²) in [6, 6.07) is 25.1. The maximum Gasteiger partial charge on any atom is 0.282 e. The van der Waals surface area contributed by atoms with Crippen molar-refractivity contribution in [1.29, 1.82) is 0 Å². The van der Waals surface area contributed by atoms with Gasteiger partial charge in [-0.1, -0.05) is 71.2 Å². The highest BCUT2D eigenvalue weighted by atomic mass is 79.9. The zero-order valence-electron chi connectivity index (χ0n) is 20.4. The molecule has 6 aromatic rings.